The minimum absolute atomic E-state index is 0.142. The maximum Gasteiger partial charge on any atom is 0.131 e. The van der Waals surface area contributed by atoms with Crippen LogP contribution >= 0.6 is 31.9 Å². The van der Waals surface area contributed by atoms with Crippen LogP contribution in [0.4, 0.5) is 4.39 Å². The molecule has 0 nitrogen and oxygen atoms in total. The Bertz CT molecular complexity index is 536. The topological polar surface area (TPSA) is 0 Å². The number of rotatable bonds is 0. The summed E-state index contributed by atoms with van der Waals surface area (Å²) in [6.07, 6.45) is 0. The van der Waals surface area contributed by atoms with E-state index in [9.17, 15) is 4.39 Å². The van der Waals surface area contributed by atoms with Gasteiger partial charge in [-0.3, -0.25) is 0 Å². The highest BCUT2D eigenvalue weighted by atomic mass is 79.9. The summed E-state index contributed by atoms with van der Waals surface area (Å²) < 4.78 is 13.6. The van der Waals surface area contributed by atoms with Crippen LogP contribution in [0.2, 0.25) is 0 Å². The molecule has 0 aliphatic heterocycles. The molecule has 0 amide bonds. The molecule has 2 atom stereocenters. The first kappa shape index (κ1) is 9.79. The predicted molar refractivity (Wildman–Crippen MR) is 67.2 cm³/mol. The van der Waals surface area contributed by atoms with E-state index >= 15 is 0 Å². The zero-order chi connectivity index (χ0) is 10.6. The molecule has 0 unspecified atom stereocenters. The van der Waals surface area contributed by atoms with Crippen molar-refractivity contribution in [3.63, 3.8) is 0 Å². The first-order valence-electron chi connectivity index (χ1n) is 4.69. The Morgan fingerprint density at radius 3 is 2.33 bits per heavy atom. The van der Waals surface area contributed by atoms with Crippen LogP contribution in [0.25, 0.3) is 10.8 Å². The zero-order valence-corrected chi connectivity index (χ0v) is 10.8. The van der Waals surface area contributed by atoms with Gasteiger partial charge in [0, 0.05) is 5.39 Å². The Morgan fingerprint density at radius 2 is 1.60 bits per heavy atom. The minimum atomic E-state index is -0.142. The number of hydrogen-bond acceptors (Lipinski definition) is 0. The number of benzene rings is 2. The lowest BCUT2D eigenvalue weighted by Gasteiger charge is -2.06. The smallest absolute Gasteiger partial charge is 0.131 e. The monoisotopic (exact) mass is 328 g/mol. The van der Waals surface area contributed by atoms with Gasteiger partial charge < -0.3 is 0 Å². The second kappa shape index (κ2) is 3.29. The molecular weight excluding hydrogens is 323 g/mol. The molecule has 0 saturated carbocycles. The molecule has 0 fully saturated rings. The molecule has 0 heterocycles. The lowest BCUT2D eigenvalue weighted by atomic mass is 10.0. The average molecular weight is 330 g/mol. The Balaban J connectivity index is 2.51. The van der Waals surface area contributed by atoms with E-state index in [0.717, 1.165) is 10.8 Å². The zero-order valence-electron chi connectivity index (χ0n) is 7.68. The van der Waals surface area contributed by atoms with Gasteiger partial charge in [0.25, 0.3) is 0 Å². The molecule has 15 heavy (non-hydrogen) atoms. The molecule has 2 aromatic rings. The first-order chi connectivity index (χ1) is 7.20. The van der Waals surface area contributed by atoms with Crippen molar-refractivity contribution < 1.29 is 4.39 Å². The van der Waals surface area contributed by atoms with Crippen LogP contribution in [0.5, 0.6) is 0 Å². The second-order valence-corrected chi connectivity index (χ2v) is 5.68. The van der Waals surface area contributed by atoms with E-state index in [1.165, 1.54) is 11.1 Å². The van der Waals surface area contributed by atoms with Crippen molar-refractivity contribution in [1.29, 1.82) is 0 Å². The molecule has 0 N–H and O–H groups in total. The van der Waals surface area contributed by atoms with E-state index in [1.807, 2.05) is 24.3 Å². The molecular formula is C12H7Br2F. The van der Waals surface area contributed by atoms with Gasteiger partial charge in [-0.05, 0) is 22.6 Å². The van der Waals surface area contributed by atoms with Crippen molar-refractivity contribution in [2.75, 3.05) is 0 Å². The molecule has 0 spiro atoms. The molecule has 3 heteroatoms. The van der Waals surface area contributed by atoms with Crippen molar-refractivity contribution >= 4 is 42.6 Å². The van der Waals surface area contributed by atoms with Crippen LogP contribution in [-0.4, -0.2) is 0 Å². The molecule has 0 radical (unpaired) electrons. The quantitative estimate of drug-likeness (QED) is 0.605. The van der Waals surface area contributed by atoms with E-state index in [1.54, 1.807) is 6.07 Å². The summed E-state index contributed by atoms with van der Waals surface area (Å²) in [6.45, 7) is 0. The van der Waals surface area contributed by atoms with Crippen molar-refractivity contribution in [2.45, 2.75) is 9.65 Å². The summed E-state index contributed by atoms with van der Waals surface area (Å²) in [4.78, 5) is 0.469. The fourth-order valence-corrected chi connectivity index (χ4v) is 3.53. The Labute approximate surface area is 104 Å². The van der Waals surface area contributed by atoms with Gasteiger partial charge >= 0.3 is 0 Å². The lowest BCUT2D eigenvalue weighted by Crippen LogP contribution is -1.87. The molecule has 0 aromatic heterocycles. The summed E-state index contributed by atoms with van der Waals surface area (Å²) >= 11 is 7.26. The second-order valence-electron chi connectivity index (χ2n) is 3.71. The number of alkyl halides is 2. The molecule has 2 aromatic carbocycles. The average Bonchev–Trinajstić information content (AvgIpc) is 2.50. The Hall–Kier alpha value is -0.410. The van der Waals surface area contributed by atoms with Crippen molar-refractivity contribution in [1.82, 2.24) is 0 Å². The molecule has 1 aliphatic rings. The fraction of sp³-hybridized carbons (Fsp3) is 0.167. The van der Waals surface area contributed by atoms with Crippen LogP contribution in [0.1, 0.15) is 20.8 Å². The highest BCUT2D eigenvalue weighted by Gasteiger charge is 2.31. The van der Waals surface area contributed by atoms with Crippen LogP contribution < -0.4 is 0 Å². The molecule has 1 aliphatic carbocycles. The standard InChI is InChI=1S/C12H7Br2F/c13-11-7-3-1-2-6-9(15)5-4-8(10(6)7)12(11)14/h1-5,11-12H/t11-,12-/m0/s1. The highest BCUT2D eigenvalue weighted by Crippen LogP contribution is 2.52. The van der Waals surface area contributed by atoms with E-state index in [2.05, 4.69) is 31.9 Å². The van der Waals surface area contributed by atoms with Gasteiger partial charge in [-0.1, -0.05) is 56.1 Å². The van der Waals surface area contributed by atoms with Gasteiger partial charge in [0.15, 0.2) is 0 Å². The summed E-state index contributed by atoms with van der Waals surface area (Å²) in [5, 5.41) is 1.78. The van der Waals surface area contributed by atoms with E-state index in [-0.39, 0.29) is 15.5 Å². The van der Waals surface area contributed by atoms with E-state index in [4.69, 9.17) is 0 Å². The predicted octanol–water partition coefficient (Wildman–Crippen LogP) is 4.86. The number of hydrogen-bond donors (Lipinski definition) is 0. The van der Waals surface area contributed by atoms with Crippen molar-refractivity contribution in [3.05, 3.63) is 47.3 Å². The van der Waals surface area contributed by atoms with Crippen molar-refractivity contribution in [3.8, 4) is 0 Å². The molecule has 76 valence electrons. The normalized spacial score (nSPS) is 23.7. The van der Waals surface area contributed by atoms with Gasteiger partial charge in [-0.25, -0.2) is 4.39 Å². The van der Waals surface area contributed by atoms with Gasteiger partial charge in [-0.15, -0.1) is 0 Å². The van der Waals surface area contributed by atoms with Gasteiger partial charge in [0.2, 0.25) is 0 Å². The summed E-state index contributed by atoms with van der Waals surface area (Å²) in [7, 11) is 0. The lowest BCUT2D eigenvalue weighted by molar-refractivity contribution is 0.639. The molecule has 3 rings (SSSR count). The Kier molecular flexibility index (Phi) is 2.15. The molecule has 0 bridgehead atoms. The third-order valence-electron chi connectivity index (χ3n) is 2.90. The van der Waals surface area contributed by atoms with Gasteiger partial charge in [-0.2, -0.15) is 0 Å². The summed E-state index contributed by atoms with van der Waals surface area (Å²) in [6, 6.07) is 9.20. The Morgan fingerprint density at radius 1 is 0.933 bits per heavy atom. The fourth-order valence-electron chi connectivity index (χ4n) is 2.20. The van der Waals surface area contributed by atoms with Crippen LogP contribution in [-0.2, 0) is 0 Å². The van der Waals surface area contributed by atoms with Crippen molar-refractivity contribution in [2.24, 2.45) is 0 Å². The maximum atomic E-state index is 13.6. The summed E-state index contributed by atoms with van der Waals surface area (Å²) in [5.74, 6) is -0.142. The van der Waals surface area contributed by atoms with E-state index in [0.29, 0.717) is 0 Å². The van der Waals surface area contributed by atoms with Gasteiger partial charge in [0.05, 0.1) is 9.65 Å². The van der Waals surface area contributed by atoms with Crippen LogP contribution in [0.15, 0.2) is 30.3 Å². The third kappa shape index (κ3) is 1.23. The third-order valence-corrected chi connectivity index (χ3v) is 5.66. The number of halogens is 3. The summed E-state index contributed by atoms with van der Waals surface area (Å²) in [5.41, 5.74) is 2.34. The molecule has 0 saturated heterocycles. The van der Waals surface area contributed by atoms with E-state index < -0.39 is 0 Å². The van der Waals surface area contributed by atoms with Crippen LogP contribution in [0, 0.1) is 5.82 Å². The minimum Gasteiger partial charge on any atom is -0.206 e. The highest BCUT2D eigenvalue weighted by molar-refractivity contribution is 9.12. The SMILES string of the molecule is Fc1ccc2c3c(cccc13)[C@H](Br)[C@H]2Br. The van der Waals surface area contributed by atoms with Crippen LogP contribution in [0.3, 0.4) is 0 Å². The largest absolute Gasteiger partial charge is 0.206 e. The first-order valence-corrected chi connectivity index (χ1v) is 6.52. The maximum absolute atomic E-state index is 13.6. The van der Waals surface area contributed by atoms with Gasteiger partial charge in [0.1, 0.15) is 5.82 Å².